The molecule has 1 heterocycles. The van der Waals surface area contributed by atoms with Gasteiger partial charge in [0, 0.05) is 6.42 Å². The molecule has 8 heteroatoms. The van der Waals surface area contributed by atoms with Gasteiger partial charge in [-0.2, -0.15) is 4.68 Å². The van der Waals surface area contributed by atoms with E-state index in [-0.39, 0.29) is 11.7 Å². The second kappa shape index (κ2) is 5.81. The highest BCUT2D eigenvalue weighted by molar-refractivity contribution is 5.74. The van der Waals surface area contributed by atoms with Crippen molar-refractivity contribution in [3.8, 4) is 0 Å². The van der Waals surface area contributed by atoms with Gasteiger partial charge in [-0.25, -0.2) is 5.84 Å². The third-order valence-corrected chi connectivity index (χ3v) is 2.02. The number of nitrogens with one attached hydrogen (secondary N) is 1. The molecular formula is C8H13N5O3. The van der Waals surface area contributed by atoms with Gasteiger partial charge in [0.25, 0.3) is 0 Å². The Morgan fingerprint density at radius 2 is 2.38 bits per heavy atom. The summed E-state index contributed by atoms with van der Waals surface area (Å²) in [5.41, 5.74) is 2.03. The summed E-state index contributed by atoms with van der Waals surface area (Å²) in [5, 5.41) is 14.1. The van der Waals surface area contributed by atoms with Crippen LogP contribution in [0.3, 0.4) is 0 Å². The molecule has 16 heavy (non-hydrogen) atoms. The molecule has 0 aromatic carbocycles. The molecule has 0 radical (unpaired) electrons. The average Bonchev–Trinajstić information content (AvgIpc) is 2.72. The van der Waals surface area contributed by atoms with Gasteiger partial charge in [-0.3, -0.25) is 10.2 Å². The van der Waals surface area contributed by atoms with E-state index in [0.717, 1.165) is 0 Å². The predicted octanol–water partition coefficient (Wildman–Crippen LogP) is -0.0485. The molecular weight excluding hydrogens is 214 g/mol. The van der Waals surface area contributed by atoms with E-state index >= 15 is 0 Å². The van der Waals surface area contributed by atoms with Crippen molar-refractivity contribution in [2.75, 3.05) is 0 Å². The lowest BCUT2D eigenvalue weighted by molar-refractivity contribution is -0.389. The number of aryl methyl sites for hydroxylation is 1. The van der Waals surface area contributed by atoms with E-state index in [0.29, 0.717) is 25.8 Å². The Labute approximate surface area is 91.5 Å². The van der Waals surface area contributed by atoms with Crippen LogP contribution in [0.25, 0.3) is 0 Å². The van der Waals surface area contributed by atoms with Crippen molar-refractivity contribution in [1.82, 2.24) is 15.2 Å². The van der Waals surface area contributed by atoms with Crippen molar-refractivity contribution in [3.05, 3.63) is 22.4 Å². The van der Waals surface area contributed by atoms with Gasteiger partial charge >= 0.3 is 5.82 Å². The molecule has 0 saturated carbocycles. The van der Waals surface area contributed by atoms with E-state index < -0.39 is 4.92 Å². The molecule has 88 valence electrons. The Bertz CT molecular complexity index is 376. The van der Waals surface area contributed by atoms with Crippen LogP contribution in [0.2, 0.25) is 0 Å². The zero-order valence-corrected chi connectivity index (χ0v) is 8.63. The number of hydrogen-bond donors (Lipinski definition) is 2. The average molecular weight is 227 g/mol. The number of hydrazine groups is 1. The number of carbonyl (C=O) groups is 1. The first kappa shape index (κ1) is 12.1. The summed E-state index contributed by atoms with van der Waals surface area (Å²) in [6.45, 7) is 0.547. The van der Waals surface area contributed by atoms with Gasteiger partial charge in [-0.05, 0) is 17.8 Å². The molecule has 0 fully saturated rings. The van der Waals surface area contributed by atoms with Crippen molar-refractivity contribution in [1.29, 1.82) is 0 Å². The molecule has 1 aromatic rings. The Balaban J connectivity index is 2.27. The highest BCUT2D eigenvalue weighted by Gasteiger charge is 2.10. The normalized spacial score (nSPS) is 10.1. The number of rotatable bonds is 6. The van der Waals surface area contributed by atoms with Crippen molar-refractivity contribution in [3.63, 3.8) is 0 Å². The Kier molecular flexibility index (Phi) is 4.40. The van der Waals surface area contributed by atoms with E-state index in [2.05, 4.69) is 5.10 Å². The summed E-state index contributed by atoms with van der Waals surface area (Å²) >= 11 is 0. The standard InChI is InChI=1S/C8H13N5O3/c9-10-8(14)3-1-2-5-12-6-4-7(11-12)13(15)16/h4,6H,1-3,5,9H2,(H,10,14). The molecule has 8 nitrogen and oxygen atoms in total. The number of aromatic nitrogens is 2. The summed E-state index contributed by atoms with van der Waals surface area (Å²) in [6.07, 6.45) is 3.27. The zero-order valence-electron chi connectivity index (χ0n) is 8.63. The highest BCUT2D eigenvalue weighted by atomic mass is 16.6. The fraction of sp³-hybridized carbons (Fsp3) is 0.500. The van der Waals surface area contributed by atoms with Gasteiger partial charge < -0.3 is 10.1 Å². The van der Waals surface area contributed by atoms with Gasteiger partial charge in [-0.15, -0.1) is 0 Å². The number of carbonyl (C=O) groups excluding carboxylic acids is 1. The summed E-state index contributed by atoms with van der Waals surface area (Å²) < 4.78 is 1.48. The zero-order chi connectivity index (χ0) is 12.0. The molecule has 0 atom stereocenters. The SMILES string of the molecule is NNC(=O)CCCCn1ccc([N+](=O)[O-])n1. The van der Waals surface area contributed by atoms with Crippen molar-refractivity contribution < 1.29 is 9.72 Å². The van der Waals surface area contributed by atoms with Gasteiger partial charge in [-0.1, -0.05) is 0 Å². The fourth-order valence-corrected chi connectivity index (χ4v) is 1.20. The van der Waals surface area contributed by atoms with Gasteiger partial charge in [0.1, 0.15) is 0 Å². The lowest BCUT2D eigenvalue weighted by atomic mass is 10.2. The smallest absolute Gasteiger partial charge is 0.358 e. The number of hydrogen-bond acceptors (Lipinski definition) is 5. The largest absolute Gasteiger partial charge is 0.389 e. The molecule has 0 aliphatic heterocycles. The van der Waals surface area contributed by atoms with E-state index in [4.69, 9.17) is 5.84 Å². The van der Waals surface area contributed by atoms with Crippen molar-refractivity contribution >= 4 is 11.7 Å². The topological polar surface area (TPSA) is 116 Å². The van der Waals surface area contributed by atoms with Gasteiger partial charge in [0.15, 0.2) is 0 Å². The minimum absolute atomic E-state index is 0.167. The van der Waals surface area contributed by atoms with E-state index in [1.165, 1.54) is 10.7 Å². The predicted molar refractivity (Wildman–Crippen MR) is 55.1 cm³/mol. The summed E-state index contributed by atoms with van der Waals surface area (Å²) in [5.74, 6) is 4.53. The highest BCUT2D eigenvalue weighted by Crippen LogP contribution is 2.06. The molecule has 0 aliphatic rings. The molecule has 0 bridgehead atoms. The molecule has 1 rings (SSSR count). The molecule has 0 spiro atoms. The first-order valence-electron chi connectivity index (χ1n) is 4.81. The molecule has 0 unspecified atom stereocenters. The minimum atomic E-state index is -0.543. The van der Waals surface area contributed by atoms with Crippen LogP contribution < -0.4 is 11.3 Å². The first-order valence-corrected chi connectivity index (χ1v) is 4.81. The van der Waals surface area contributed by atoms with Crippen LogP contribution in [0.4, 0.5) is 5.82 Å². The number of nitrogens with two attached hydrogens (primary N) is 1. The monoisotopic (exact) mass is 227 g/mol. The second-order valence-electron chi connectivity index (χ2n) is 3.22. The maximum atomic E-state index is 10.8. The molecule has 0 aliphatic carbocycles. The van der Waals surface area contributed by atoms with E-state index in [9.17, 15) is 14.9 Å². The van der Waals surface area contributed by atoms with Crippen LogP contribution in [-0.4, -0.2) is 20.6 Å². The Morgan fingerprint density at radius 1 is 1.62 bits per heavy atom. The number of amides is 1. The van der Waals surface area contributed by atoms with Crippen molar-refractivity contribution in [2.45, 2.75) is 25.8 Å². The quantitative estimate of drug-likeness (QED) is 0.232. The van der Waals surface area contributed by atoms with Crippen LogP contribution in [0.5, 0.6) is 0 Å². The molecule has 1 amide bonds. The minimum Gasteiger partial charge on any atom is -0.358 e. The fourth-order valence-electron chi connectivity index (χ4n) is 1.20. The lowest BCUT2D eigenvalue weighted by Gasteiger charge is -1.98. The van der Waals surface area contributed by atoms with E-state index in [1.54, 1.807) is 6.20 Å². The third-order valence-electron chi connectivity index (χ3n) is 2.02. The van der Waals surface area contributed by atoms with Crippen LogP contribution >= 0.6 is 0 Å². The maximum absolute atomic E-state index is 10.8. The van der Waals surface area contributed by atoms with Crippen LogP contribution in [-0.2, 0) is 11.3 Å². The number of unbranched alkanes of at least 4 members (excludes halogenated alkanes) is 1. The van der Waals surface area contributed by atoms with Gasteiger partial charge in [0.2, 0.25) is 5.91 Å². The maximum Gasteiger partial charge on any atom is 0.389 e. The third kappa shape index (κ3) is 3.65. The van der Waals surface area contributed by atoms with Gasteiger partial charge in [0.05, 0.1) is 23.9 Å². The molecule has 1 aromatic heterocycles. The van der Waals surface area contributed by atoms with E-state index in [1.807, 2.05) is 5.43 Å². The number of nitrogens with zero attached hydrogens (tertiary/aromatic N) is 3. The Hall–Kier alpha value is -1.96. The molecule has 0 saturated heterocycles. The second-order valence-corrected chi connectivity index (χ2v) is 3.22. The Morgan fingerprint density at radius 3 is 2.94 bits per heavy atom. The number of nitro groups is 1. The lowest BCUT2D eigenvalue weighted by Crippen LogP contribution is -2.29. The molecule has 3 N–H and O–H groups in total. The van der Waals surface area contributed by atoms with Crippen LogP contribution in [0.1, 0.15) is 19.3 Å². The van der Waals surface area contributed by atoms with Crippen LogP contribution in [0.15, 0.2) is 12.3 Å². The van der Waals surface area contributed by atoms with Crippen molar-refractivity contribution in [2.24, 2.45) is 5.84 Å². The van der Waals surface area contributed by atoms with Crippen LogP contribution in [0, 0.1) is 10.1 Å². The first-order chi connectivity index (χ1) is 7.63. The summed E-state index contributed by atoms with van der Waals surface area (Å²) in [6, 6.07) is 1.34. The summed E-state index contributed by atoms with van der Waals surface area (Å²) in [7, 11) is 0. The summed E-state index contributed by atoms with van der Waals surface area (Å²) in [4.78, 5) is 20.6.